The maximum Gasteiger partial charge on any atom is 0.266 e. The zero-order chi connectivity index (χ0) is 19.5. The molecule has 1 aromatic heterocycles. The molecule has 6 heteroatoms. The maximum absolute atomic E-state index is 12.5. The molecule has 0 saturated heterocycles. The minimum atomic E-state index is -0.331. The lowest BCUT2D eigenvalue weighted by atomic mass is 10.1. The highest BCUT2D eigenvalue weighted by atomic mass is 16.2. The van der Waals surface area contributed by atoms with Crippen molar-refractivity contribution in [2.75, 3.05) is 4.90 Å². The van der Waals surface area contributed by atoms with Gasteiger partial charge in [0.2, 0.25) is 5.91 Å². The van der Waals surface area contributed by atoms with Crippen molar-refractivity contribution in [3.63, 3.8) is 0 Å². The molecule has 3 amide bonds. The first-order valence-electron chi connectivity index (χ1n) is 8.86. The van der Waals surface area contributed by atoms with Crippen molar-refractivity contribution in [1.29, 1.82) is 0 Å². The molecule has 0 saturated carbocycles. The molecule has 0 fully saturated rings. The first-order valence-corrected chi connectivity index (χ1v) is 8.86. The number of rotatable bonds is 5. The number of fused-ring (bicyclic) bond motifs is 1. The summed E-state index contributed by atoms with van der Waals surface area (Å²) in [5, 5.41) is 2.85. The lowest BCUT2D eigenvalue weighted by molar-refractivity contribution is -0.120. The van der Waals surface area contributed by atoms with Gasteiger partial charge in [-0.05, 0) is 41.5 Å². The average Bonchev–Trinajstić information content (AvgIpc) is 2.99. The number of amides is 3. The van der Waals surface area contributed by atoms with Gasteiger partial charge in [-0.25, -0.2) is 4.90 Å². The van der Waals surface area contributed by atoms with Crippen LogP contribution in [0.15, 0.2) is 73.1 Å². The molecule has 0 atom stereocenters. The summed E-state index contributed by atoms with van der Waals surface area (Å²) in [6.45, 7) is 0.416. The molecule has 1 aliphatic rings. The minimum Gasteiger partial charge on any atom is -0.352 e. The van der Waals surface area contributed by atoms with Crippen LogP contribution in [0.1, 0.15) is 31.8 Å². The maximum atomic E-state index is 12.5. The number of hydrogen-bond donors (Lipinski definition) is 1. The second-order valence-electron chi connectivity index (χ2n) is 6.47. The van der Waals surface area contributed by atoms with Crippen molar-refractivity contribution in [2.45, 2.75) is 13.0 Å². The molecule has 0 aliphatic carbocycles. The molecule has 4 rings (SSSR count). The van der Waals surface area contributed by atoms with E-state index in [1.54, 1.807) is 60.9 Å². The van der Waals surface area contributed by atoms with Gasteiger partial charge in [-0.1, -0.05) is 30.3 Å². The van der Waals surface area contributed by atoms with Gasteiger partial charge in [-0.15, -0.1) is 0 Å². The van der Waals surface area contributed by atoms with Crippen LogP contribution >= 0.6 is 0 Å². The van der Waals surface area contributed by atoms with Crippen LogP contribution in [-0.4, -0.2) is 22.7 Å². The Labute approximate surface area is 161 Å². The van der Waals surface area contributed by atoms with Gasteiger partial charge in [0.1, 0.15) is 0 Å². The minimum absolute atomic E-state index is 0.114. The van der Waals surface area contributed by atoms with Gasteiger partial charge in [0.25, 0.3) is 11.8 Å². The van der Waals surface area contributed by atoms with E-state index in [2.05, 4.69) is 10.3 Å². The predicted octanol–water partition coefficient (Wildman–Crippen LogP) is 2.74. The lowest BCUT2D eigenvalue weighted by Crippen LogP contribution is -2.29. The van der Waals surface area contributed by atoms with Crippen LogP contribution in [0.2, 0.25) is 0 Å². The summed E-state index contributed by atoms with van der Waals surface area (Å²) >= 11 is 0. The fourth-order valence-electron chi connectivity index (χ4n) is 3.14. The third-order valence-corrected chi connectivity index (χ3v) is 4.57. The van der Waals surface area contributed by atoms with Gasteiger partial charge in [-0.3, -0.25) is 19.4 Å². The number of benzene rings is 2. The highest BCUT2D eigenvalue weighted by Crippen LogP contribution is 2.28. The van der Waals surface area contributed by atoms with Gasteiger partial charge in [-0.2, -0.15) is 0 Å². The zero-order valence-electron chi connectivity index (χ0n) is 15.0. The van der Waals surface area contributed by atoms with Crippen LogP contribution in [0.3, 0.4) is 0 Å². The van der Waals surface area contributed by atoms with E-state index in [9.17, 15) is 14.4 Å². The Hall–Kier alpha value is -3.80. The Bertz CT molecular complexity index is 1010. The van der Waals surface area contributed by atoms with E-state index < -0.39 is 0 Å². The molecule has 0 bridgehead atoms. The van der Waals surface area contributed by atoms with Gasteiger partial charge in [0.05, 0.1) is 23.2 Å². The number of anilines is 1. The van der Waals surface area contributed by atoms with Crippen molar-refractivity contribution >= 4 is 23.4 Å². The molecule has 3 aromatic rings. The molecule has 1 N–H and O–H groups in total. The molecule has 0 spiro atoms. The SMILES string of the molecule is O=C(Cc1ccc(N2C(=O)c3ccccc3C2=O)cc1)NCc1cccnc1. The number of carbonyl (C=O) groups is 3. The summed E-state index contributed by atoms with van der Waals surface area (Å²) in [5.74, 6) is -0.775. The quantitative estimate of drug-likeness (QED) is 0.700. The second kappa shape index (κ2) is 7.44. The molecule has 138 valence electrons. The molecule has 0 unspecified atom stereocenters. The number of nitrogens with zero attached hydrogens (tertiary/aromatic N) is 2. The largest absolute Gasteiger partial charge is 0.352 e. The number of imide groups is 1. The summed E-state index contributed by atoms with van der Waals surface area (Å²) in [6.07, 6.45) is 3.60. The van der Waals surface area contributed by atoms with Crippen LogP contribution in [-0.2, 0) is 17.8 Å². The van der Waals surface area contributed by atoms with Crippen molar-refractivity contribution < 1.29 is 14.4 Å². The topological polar surface area (TPSA) is 79.4 Å². The second-order valence-corrected chi connectivity index (χ2v) is 6.47. The van der Waals surface area contributed by atoms with Gasteiger partial charge >= 0.3 is 0 Å². The first kappa shape index (κ1) is 17.6. The number of carbonyl (C=O) groups excluding carboxylic acids is 3. The average molecular weight is 371 g/mol. The predicted molar refractivity (Wildman–Crippen MR) is 104 cm³/mol. The molecule has 6 nitrogen and oxygen atoms in total. The summed E-state index contributed by atoms with van der Waals surface area (Å²) in [7, 11) is 0. The number of aromatic nitrogens is 1. The van der Waals surface area contributed by atoms with Crippen LogP contribution in [0.5, 0.6) is 0 Å². The zero-order valence-corrected chi connectivity index (χ0v) is 15.0. The highest BCUT2D eigenvalue weighted by molar-refractivity contribution is 6.34. The van der Waals surface area contributed by atoms with Crippen molar-refractivity contribution in [1.82, 2.24) is 10.3 Å². The van der Waals surface area contributed by atoms with Gasteiger partial charge in [0.15, 0.2) is 0 Å². The highest BCUT2D eigenvalue weighted by Gasteiger charge is 2.36. The van der Waals surface area contributed by atoms with E-state index in [0.717, 1.165) is 16.0 Å². The molecule has 2 heterocycles. The van der Waals surface area contributed by atoms with Crippen LogP contribution < -0.4 is 10.2 Å². The Morgan fingerprint density at radius 1 is 0.857 bits per heavy atom. The Balaban J connectivity index is 1.41. The summed E-state index contributed by atoms with van der Waals surface area (Å²) in [6, 6.07) is 17.4. The fraction of sp³-hybridized carbons (Fsp3) is 0.0909. The van der Waals surface area contributed by atoms with E-state index in [1.165, 1.54) is 0 Å². The molecule has 28 heavy (non-hydrogen) atoms. The van der Waals surface area contributed by atoms with Crippen molar-refractivity contribution in [3.05, 3.63) is 95.3 Å². The third-order valence-electron chi connectivity index (χ3n) is 4.57. The molecular formula is C22H17N3O3. The summed E-state index contributed by atoms with van der Waals surface area (Å²) in [5.41, 5.74) is 3.03. The number of nitrogens with one attached hydrogen (secondary N) is 1. The number of hydrogen-bond acceptors (Lipinski definition) is 4. The Kier molecular flexibility index (Phi) is 4.68. The monoisotopic (exact) mass is 371 g/mol. The number of pyridine rings is 1. The molecular weight excluding hydrogens is 354 g/mol. The van der Waals surface area contributed by atoms with Crippen LogP contribution in [0.4, 0.5) is 5.69 Å². The smallest absolute Gasteiger partial charge is 0.266 e. The van der Waals surface area contributed by atoms with Crippen molar-refractivity contribution in [3.8, 4) is 0 Å². The van der Waals surface area contributed by atoms with Crippen LogP contribution in [0.25, 0.3) is 0 Å². The Morgan fingerprint density at radius 2 is 1.54 bits per heavy atom. The normalized spacial score (nSPS) is 12.8. The lowest BCUT2D eigenvalue weighted by Gasteiger charge is -2.14. The van der Waals surface area contributed by atoms with Crippen molar-refractivity contribution in [2.24, 2.45) is 0 Å². The molecule has 0 radical (unpaired) electrons. The van der Waals surface area contributed by atoms with E-state index in [4.69, 9.17) is 0 Å². The van der Waals surface area contributed by atoms with Gasteiger partial charge < -0.3 is 5.32 Å². The van der Waals surface area contributed by atoms with E-state index in [-0.39, 0.29) is 24.1 Å². The third kappa shape index (κ3) is 3.40. The van der Waals surface area contributed by atoms with E-state index in [0.29, 0.717) is 23.4 Å². The fourth-order valence-corrected chi connectivity index (χ4v) is 3.14. The summed E-state index contributed by atoms with van der Waals surface area (Å²) < 4.78 is 0. The van der Waals surface area contributed by atoms with E-state index in [1.807, 2.05) is 12.1 Å². The Morgan fingerprint density at radius 3 is 2.14 bits per heavy atom. The molecule has 2 aromatic carbocycles. The van der Waals surface area contributed by atoms with Crippen LogP contribution in [0, 0.1) is 0 Å². The van der Waals surface area contributed by atoms with E-state index >= 15 is 0 Å². The first-order chi connectivity index (χ1) is 13.6. The standard InChI is InChI=1S/C22H17N3O3/c26-20(24-14-16-4-3-11-23-13-16)12-15-7-9-17(10-8-15)25-21(27)18-5-1-2-6-19(18)22(25)28/h1-11,13H,12,14H2,(H,24,26). The summed E-state index contributed by atoms with van der Waals surface area (Å²) in [4.78, 5) is 42.4. The van der Waals surface area contributed by atoms with Gasteiger partial charge in [0, 0.05) is 18.9 Å². The molecule has 1 aliphatic heterocycles.